The normalized spacial score (nSPS) is 20.4. The zero-order valence-corrected chi connectivity index (χ0v) is 12.5. The highest BCUT2D eigenvalue weighted by Crippen LogP contribution is 2.23. The van der Waals surface area contributed by atoms with Gasteiger partial charge in [-0.2, -0.15) is 0 Å². The number of aliphatic hydroxyl groups is 1. The summed E-state index contributed by atoms with van der Waals surface area (Å²) >= 11 is 0. The lowest BCUT2D eigenvalue weighted by Crippen LogP contribution is -2.43. The van der Waals surface area contributed by atoms with Gasteiger partial charge in [-0.15, -0.1) is 0 Å². The lowest BCUT2D eigenvalue weighted by Gasteiger charge is -2.32. The highest BCUT2D eigenvalue weighted by atomic mass is 16.5. The number of likely N-dealkylation sites (tertiary alicyclic amines) is 1. The van der Waals surface area contributed by atoms with Crippen LogP contribution in [0, 0.1) is 0 Å². The Kier molecular flexibility index (Phi) is 5.59. The molecule has 1 aliphatic rings. The van der Waals surface area contributed by atoms with Crippen LogP contribution in [0.25, 0.3) is 0 Å². The number of benzene rings is 1. The number of aliphatic hydroxyl groups excluding tert-OH is 1. The summed E-state index contributed by atoms with van der Waals surface area (Å²) in [5.41, 5.74) is 6.27. The summed E-state index contributed by atoms with van der Waals surface area (Å²) in [6, 6.07) is 7.56. The predicted octanol–water partition coefficient (Wildman–Crippen LogP) is 1.46. The molecule has 0 aliphatic carbocycles. The third kappa shape index (κ3) is 4.19. The minimum atomic E-state index is -0.558. The van der Waals surface area contributed by atoms with Gasteiger partial charge in [-0.1, -0.05) is 12.1 Å². The van der Waals surface area contributed by atoms with Gasteiger partial charge in [0, 0.05) is 13.5 Å². The van der Waals surface area contributed by atoms with Crippen molar-refractivity contribution in [3.8, 4) is 5.75 Å². The van der Waals surface area contributed by atoms with Crippen LogP contribution in [0.2, 0.25) is 0 Å². The highest BCUT2D eigenvalue weighted by Gasteiger charge is 2.25. The van der Waals surface area contributed by atoms with Gasteiger partial charge in [-0.3, -0.25) is 4.79 Å². The first kappa shape index (κ1) is 15.8. The molecule has 5 heteroatoms. The molecule has 5 nitrogen and oxygen atoms in total. The van der Waals surface area contributed by atoms with E-state index in [0.29, 0.717) is 26.0 Å². The molecule has 0 spiro atoms. The van der Waals surface area contributed by atoms with E-state index in [1.165, 1.54) is 0 Å². The number of carbonyl (C=O) groups excluding carboxylic acids is 1. The molecule has 1 aromatic carbocycles. The van der Waals surface area contributed by atoms with Crippen molar-refractivity contribution >= 4 is 5.91 Å². The lowest BCUT2D eigenvalue weighted by atomic mass is 10.0. The van der Waals surface area contributed by atoms with Crippen LogP contribution in [0.5, 0.6) is 5.75 Å². The first-order valence-electron chi connectivity index (χ1n) is 7.48. The molecule has 1 heterocycles. The van der Waals surface area contributed by atoms with Gasteiger partial charge < -0.3 is 20.5 Å². The van der Waals surface area contributed by atoms with Crippen molar-refractivity contribution in [2.24, 2.45) is 5.73 Å². The number of likely N-dealkylation sites (N-methyl/N-ethyl adjacent to an activating group) is 1. The Bertz CT molecular complexity index is 478. The van der Waals surface area contributed by atoms with Gasteiger partial charge in [0.05, 0.1) is 12.1 Å². The van der Waals surface area contributed by atoms with E-state index in [-0.39, 0.29) is 11.9 Å². The average Bonchev–Trinajstić information content (AvgIpc) is 2.49. The summed E-state index contributed by atoms with van der Waals surface area (Å²) in [4.78, 5) is 13.4. The van der Waals surface area contributed by atoms with Crippen molar-refractivity contribution in [2.75, 3.05) is 20.2 Å². The number of ether oxygens (including phenoxy) is 1. The van der Waals surface area contributed by atoms with E-state index in [1.54, 1.807) is 4.90 Å². The molecule has 2 rings (SSSR count). The standard InChI is InChI=1S/C16H24N2O3/c1-18-13(5-3-7-16(18)20)11-21-14-6-2-4-12(10-14)15(19)8-9-17/h2,4,6,10,13,15,19H,3,5,7-9,11,17H2,1H3/t13?,15-/m1/s1. The first-order valence-corrected chi connectivity index (χ1v) is 7.48. The summed E-state index contributed by atoms with van der Waals surface area (Å²) < 4.78 is 5.80. The zero-order valence-electron chi connectivity index (χ0n) is 12.5. The van der Waals surface area contributed by atoms with Crippen LogP contribution in [0.1, 0.15) is 37.4 Å². The van der Waals surface area contributed by atoms with Crippen LogP contribution in [0.15, 0.2) is 24.3 Å². The van der Waals surface area contributed by atoms with Crippen LogP contribution in [-0.2, 0) is 4.79 Å². The molecule has 0 bridgehead atoms. The molecule has 1 unspecified atom stereocenters. The number of nitrogens with two attached hydrogens (primary N) is 1. The van der Waals surface area contributed by atoms with Crippen molar-refractivity contribution in [3.63, 3.8) is 0 Å². The third-order valence-corrected chi connectivity index (χ3v) is 3.99. The van der Waals surface area contributed by atoms with Crippen molar-refractivity contribution < 1.29 is 14.6 Å². The molecule has 3 N–H and O–H groups in total. The smallest absolute Gasteiger partial charge is 0.222 e. The summed E-state index contributed by atoms with van der Waals surface area (Å²) in [5.74, 6) is 0.900. The van der Waals surface area contributed by atoms with E-state index in [2.05, 4.69) is 0 Å². The van der Waals surface area contributed by atoms with Gasteiger partial charge in [0.15, 0.2) is 0 Å². The lowest BCUT2D eigenvalue weighted by molar-refractivity contribution is -0.135. The maximum atomic E-state index is 11.7. The molecule has 2 atom stereocenters. The largest absolute Gasteiger partial charge is 0.491 e. The molecule has 1 fully saturated rings. The van der Waals surface area contributed by atoms with Crippen molar-refractivity contribution in [2.45, 2.75) is 37.8 Å². The Balaban J connectivity index is 1.94. The van der Waals surface area contributed by atoms with Crippen LogP contribution >= 0.6 is 0 Å². The van der Waals surface area contributed by atoms with Gasteiger partial charge in [0.2, 0.25) is 5.91 Å². The Morgan fingerprint density at radius 2 is 2.33 bits per heavy atom. The quantitative estimate of drug-likeness (QED) is 0.832. The SMILES string of the molecule is CN1C(=O)CCCC1COc1cccc([C@H](O)CCN)c1. The number of amides is 1. The minimum absolute atomic E-state index is 0.129. The van der Waals surface area contributed by atoms with E-state index in [1.807, 2.05) is 31.3 Å². The van der Waals surface area contributed by atoms with E-state index >= 15 is 0 Å². The molecule has 116 valence electrons. The summed E-state index contributed by atoms with van der Waals surface area (Å²) in [5, 5.41) is 9.95. The zero-order chi connectivity index (χ0) is 15.2. The third-order valence-electron chi connectivity index (χ3n) is 3.99. The monoisotopic (exact) mass is 292 g/mol. The van der Waals surface area contributed by atoms with E-state index in [9.17, 15) is 9.90 Å². The van der Waals surface area contributed by atoms with Crippen LogP contribution < -0.4 is 10.5 Å². The Morgan fingerprint density at radius 3 is 3.10 bits per heavy atom. The van der Waals surface area contributed by atoms with E-state index in [0.717, 1.165) is 24.2 Å². The van der Waals surface area contributed by atoms with Crippen molar-refractivity contribution in [1.29, 1.82) is 0 Å². The number of hydrogen-bond acceptors (Lipinski definition) is 4. The van der Waals surface area contributed by atoms with Crippen molar-refractivity contribution in [3.05, 3.63) is 29.8 Å². The maximum absolute atomic E-state index is 11.7. The fourth-order valence-electron chi connectivity index (χ4n) is 2.59. The minimum Gasteiger partial charge on any atom is -0.491 e. The second-order valence-corrected chi connectivity index (χ2v) is 5.53. The van der Waals surface area contributed by atoms with Crippen LogP contribution in [-0.4, -0.2) is 42.2 Å². The number of carbonyl (C=O) groups is 1. The van der Waals surface area contributed by atoms with Gasteiger partial charge in [-0.05, 0) is 43.5 Å². The first-order chi connectivity index (χ1) is 10.1. The van der Waals surface area contributed by atoms with Crippen molar-refractivity contribution in [1.82, 2.24) is 4.90 Å². The second-order valence-electron chi connectivity index (χ2n) is 5.53. The molecule has 0 aromatic heterocycles. The molecule has 0 saturated carbocycles. The fraction of sp³-hybridized carbons (Fsp3) is 0.562. The number of hydrogen-bond donors (Lipinski definition) is 2. The molecular formula is C16H24N2O3. The van der Waals surface area contributed by atoms with Gasteiger partial charge in [-0.25, -0.2) is 0 Å². The summed E-state index contributed by atoms with van der Waals surface area (Å²) in [7, 11) is 1.83. The molecule has 1 saturated heterocycles. The molecule has 0 radical (unpaired) electrons. The number of piperidine rings is 1. The summed E-state index contributed by atoms with van der Waals surface area (Å²) in [6.45, 7) is 0.930. The number of rotatable bonds is 6. The van der Waals surface area contributed by atoms with Gasteiger partial charge in [0.1, 0.15) is 12.4 Å². The molecule has 21 heavy (non-hydrogen) atoms. The average molecular weight is 292 g/mol. The molecular weight excluding hydrogens is 268 g/mol. The van der Waals surface area contributed by atoms with E-state index < -0.39 is 6.10 Å². The van der Waals surface area contributed by atoms with Gasteiger partial charge >= 0.3 is 0 Å². The van der Waals surface area contributed by atoms with Crippen LogP contribution in [0.4, 0.5) is 0 Å². The fourth-order valence-corrected chi connectivity index (χ4v) is 2.59. The van der Waals surface area contributed by atoms with Crippen LogP contribution in [0.3, 0.4) is 0 Å². The topological polar surface area (TPSA) is 75.8 Å². The Labute approximate surface area is 125 Å². The Hall–Kier alpha value is -1.59. The highest BCUT2D eigenvalue weighted by molar-refractivity contribution is 5.76. The number of nitrogens with zero attached hydrogens (tertiary/aromatic N) is 1. The predicted molar refractivity (Wildman–Crippen MR) is 81.0 cm³/mol. The second kappa shape index (κ2) is 7.43. The maximum Gasteiger partial charge on any atom is 0.222 e. The molecule has 1 amide bonds. The van der Waals surface area contributed by atoms with E-state index in [4.69, 9.17) is 10.5 Å². The summed E-state index contributed by atoms with van der Waals surface area (Å²) in [6.07, 6.45) is 2.50. The molecule has 1 aromatic rings. The van der Waals surface area contributed by atoms with Gasteiger partial charge in [0.25, 0.3) is 0 Å². The molecule has 1 aliphatic heterocycles. The Morgan fingerprint density at radius 1 is 1.52 bits per heavy atom.